The van der Waals surface area contributed by atoms with Crippen LogP contribution in [0.3, 0.4) is 0 Å². The molecule has 0 aliphatic carbocycles. The fraction of sp³-hybridized carbons (Fsp3) is 0.345. The smallest absolute Gasteiger partial charge is 0.119 e. The predicted molar refractivity (Wildman–Crippen MR) is 144 cm³/mol. The van der Waals surface area contributed by atoms with Gasteiger partial charge in [-0.05, 0) is 85.3 Å². The monoisotopic (exact) mass is 515 g/mol. The molecule has 190 valence electrons. The van der Waals surface area contributed by atoms with Gasteiger partial charge in [0.05, 0.1) is 37.2 Å². The summed E-state index contributed by atoms with van der Waals surface area (Å²) < 4.78 is 14.0. The number of piperidine rings is 3. The van der Waals surface area contributed by atoms with Gasteiger partial charge < -0.3 is 9.47 Å². The number of halogens is 1. The van der Waals surface area contributed by atoms with Crippen molar-refractivity contribution in [3.63, 3.8) is 0 Å². The minimum absolute atomic E-state index is 0.146. The van der Waals surface area contributed by atoms with Crippen molar-refractivity contribution >= 4 is 22.5 Å². The Morgan fingerprint density at radius 1 is 1.19 bits per heavy atom. The van der Waals surface area contributed by atoms with Crippen LogP contribution in [-0.4, -0.2) is 51.1 Å². The summed E-state index contributed by atoms with van der Waals surface area (Å²) in [6.07, 6.45) is 8.05. The van der Waals surface area contributed by atoms with E-state index in [-0.39, 0.29) is 12.1 Å². The second-order valence-corrected chi connectivity index (χ2v) is 10.3. The minimum atomic E-state index is -0.146. The summed E-state index contributed by atoms with van der Waals surface area (Å²) in [4.78, 5) is 7.18. The zero-order valence-corrected chi connectivity index (χ0v) is 21.6. The fourth-order valence-electron chi connectivity index (χ4n) is 5.88. The van der Waals surface area contributed by atoms with Gasteiger partial charge in [0.1, 0.15) is 11.4 Å². The molecule has 4 aromatic rings. The Morgan fingerprint density at radius 2 is 2.05 bits per heavy atom. The van der Waals surface area contributed by atoms with Crippen LogP contribution in [-0.2, 0) is 11.3 Å². The van der Waals surface area contributed by atoms with Crippen LogP contribution in [0.5, 0.6) is 5.75 Å². The number of nitrogens with zero attached hydrogens (tertiary/aromatic N) is 5. The number of pyridine rings is 1. The lowest BCUT2D eigenvalue weighted by Crippen LogP contribution is -2.55. The number of hydrogen-bond donors (Lipinski definition) is 0. The average Bonchev–Trinajstić information content (AvgIpc) is 3.42. The van der Waals surface area contributed by atoms with E-state index < -0.39 is 0 Å². The molecule has 3 fully saturated rings. The van der Waals surface area contributed by atoms with E-state index in [9.17, 15) is 0 Å². The molecule has 7 nitrogen and oxygen atoms in total. The quantitative estimate of drug-likeness (QED) is 0.283. The number of aromatic nitrogens is 4. The van der Waals surface area contributed by atoms with E-state index >= 15 is 0 Å². The van der Waals surface area contributed by atoms with Crippen LogP contribution >= 0.6 is 11.6 Å². The molecule has 37 heavy (non-hydrogen) atoms. The van der Waals surface area contributed by atoms with Crippen molar-refractivity contribution in [2.75, 3.05) is 20.2 Å². The molecule has 3 aliphatic heterocycles. The van der Waals surface area contributed by atoms with Gasteiger partial charge in [-0.3, -0.25) is 9.88 Å². The van der Waals surface area contributed by atoms with Gasteiger partial charge in [0.2, 0.25) is 0 Å². The van der Waals surface area contributed by atoms with Gasteiger partial charge in [-0.15, -0.1) is 11.7 Å². The summed E-state index contributed by atoms with van der Waals surface area (Å²) >= 11 is 6.04. The first-order valence-electron chi connectivity index (χ1n) is 12.7. The van der Waals surface area contributed by atoms with Crippen LogP contribution < -0.4 is 4.74 Å². The summed E-state index contributed by atoms with van der Waals surface area (Å²) in [6, 6.07) is 15.9. The van der Waals surface area contributed by atoms with Crippen LogP contribution in [0.25, 0.3) is 16.6 Å². The molecule has 2 aromatic heterocycles. The maximum atomic E-state index is 6.75. The average molecular weight is 516 g/mol. The maximum absolute atomic E-state index is 6.75. The molecule has 0 N–H and O–H groups in total. The molecule has 2 bridgehead atoms. The van der Waals surface area contributed by atoms with Crippen molar-refractivity contribution in [1.82, 2.24) is 24.9 Å². The highest BCUT2D eigenvalue weighted by Crippen LogP contribution is 2.44. The summed E-state index contributed by atoms with van der Waals surface area (Å²) in [6.45, 7) is 6.55. The van der Waals surface area contributed by atoms with Crippen LogP contribution in [0.15, 0.2) is 73.6 Å². The lowest BCUT2D eigenvalue weighted by Gasteiger charge is -2.51. The van der Waals surface area contributed by atoms with E-state index in [0.717, 1.165) is 53.1 Å². The number of benzene rings is 2. The van der Waals surface area contributed by atoms with E-state index in [1.807, 2.05) is 48.8 Å². The van der Waals surface area contributed by atoms with E-state index in [2.05, 4.69) is 45.0 Å². The molecule has 5 atom stereocenters. The topological polar surface area (TPSA) is 65.3 Å². The molecule has 1 unspecified atom stereocenters. The van der Waals surface area contributed by atoms with E-state index in [1.165, 1.54) is 6.42 Å². The Hall–Kier alpha value is -3.26. The standard InChI is InChI=1S/C29H30ClN5O2/c1-3-19-16-34-13-11-20(19)14-28(34)29(25-10-12-31-27-9-8-24(36-2)15-26(25)27)37-18-22-17-35(33-32-22)23-6-4-21(30)5-7-23/h3-10,12,15,17,19-20,28-29H,1,11,13-14,16,18H2,2H3/t19-,20-,28+,29+/m0/s1. The van der Waals surface area contributed by atoms with E-state index in [0.29, 0.717) is 23.5 Å². The Morgan fingerprint density at radius 3 is 2.81 bits per heavy atom. The van der Waals surface area contributed by atoms with E-state index in [1.54, 1.807) is 11.8 Å². The van der Waals surface area contributed by atoms with Gasteiger partial charge in [0, 0.05) is 29.2 Å². The van der Waals surface area contributed by atoms with Crippen LogP contribution in [0.4, 0.5) is 0 Å². The predicted octanol–water partition coefficient (Wildman–Crippen LogP) is 5.63. The van der Waals surface area contributed by atoms with Crippen molar-refractivity contribution in [1.29, 1.82) is 0 Å². The molecule has 7 rings (SSSR count). The highest BCUT2D eigenvalue weighted by molar-refractivity contribution is 6.30. The van der Waals surface area contributed by atoms with Crippen molar-refractivity contribution in [3.05, 3.63) is 89.9 Å². The fourth-order valence-corrected chi connectivity index (χ4v) is 6.01. The Labute approximate surface area is 221 Å². The van der Waals surface area contributed by atoms with Crippen molar-refractivity contribution in [2.24, 2.45) is 11.8 Å². The molecule has 0 saturated carbocycles. The van der Waals surface area contributed by atoms with Gasteiger partial charge in [0.25, 0.3) is 0 Å². The summed E-state index contributed by atoms with van der Waals surface area (Å²) in [5.74, 6) is 1.98. The molecular weight excluding hydrogens is 486 g/mol. The number of ether oxygens (including phenoxy) is 2. The van der Waals surface area contributed by atoms with Gasteiger partial charge in [-0.25, -0.2) is 4.68 Å². The van der Waals surface area contributed by atoms with Gasteiger partial charge in [0.15, 0.2) is 0 Å². The van der Waals surface area contributed by atoms with Crippen LogP contribution in [0, 0.1) is 11.8 Å². The first kappa shape index (κ1) is 24.1. The zero-order valence-electron chi connectivity index (χ0n) is 20.8. The van der Waals surface area contributed by atoms with Crippen LogP contribution in [0.1, 0.15) is 30.2 Å². The number of rotatable bonds is 8. The highest BCUT2D eigenvalue weighted by atomic mass is 35.5. The molecule has 2 aromatic carbocycles. The third-order valence-electron chi connectivity index (χ3n) is 7.84. The van der Waals surface area contributed by atoms with Gasteiger partial charge >= 0.3 is 0 Å². The maximum Gasteiger partial charge on any atom is 0.119 e. The van der Waals surface area contributed by atoms with Gasteiger partial charge in [-0.1, -0.05) is 22.9 Å². The normalized spacial score (nSPS) is 23.7. The molecule has 3 saturated heterocycles. The molecule has 3 aliphatic rings. The molecule has 0 radical (unpaired) electrons. The second-order valence-electron chi connectivity index (χ2n) is 9.89. The van der Waals surface area contributed by atoms with Crippen molar-refractivity contribution in [3.8, 4) is 11.4 Å². The third-order valence-corrected chi connectivity index (χ3v) is 8.09. The molecular formula is C29H30ClN5O2. The lowest BCUT2D eigenvalue weighted by molar-refractivity contribution is -0.0809. The van der Waals surface area contributed by atoms with Crippen molar-refractivity contribution in [2.45, 2.75) is 31.6 Å². The Kier molecular flexibility index (Phi) is 6.67. The third kappa shape index (κ3) is 4.75. The number of methoxy groups -OCH3 is 1. The first-order chi connectivity index (χ1) is 18.1. The molecule has 0 spiro atoms. The first-order valence-corrected chi connectivity index (χ1v) is 13.1. The largest absolute Gasteiger partial charge is 0.497 e. The zero-order chi connectivity index (χ0) is 25.4. The summed E-state index contributed by atoms with van der Waals surface area (Å²) in [7, 11) is 1.69. The SMILES string of the molecule is C=C[C@H]1CN2CC[C@H]1C[C@@H]2[C@H](OCc1cn(-c2ccc(Cl)cc2)nn1)c1ccnc2ccc(OC)cc12. The Bertz CT molecular complexity index is 1410. The minimum Gasteiger partial charge on any atom is -0.497 e. The molecule has 0 amide bonds. The van der Waals surface area contributed by atoms with Crippen molar-refractivity contribution < 1.29 is 9.47 Å². The second kappa shape index (κ2) is 10.2. The highest BCUT2D eigenvalue weighted by Gasteiger charge is 2.43. The number of fused-ring (bicyclic) bond motifs is 4. The summed E-state index contributed by atoms with van der Waals surface area (Å²) in [5, 5.41) is 10.4. The Balaban J connectivity index is 1.32. The molecule has 5 heterocycles. The number of hydrogen-bond acceptors (Lipinski definition) is 6. The van der Waals surface area contributed by atoms with Crippen LogP contribution in [0.2, 0.25) is 5.02 Å². The van der Waals surface area contributed by atoms with Gasteiger partial charge in [-0.2, -0.15) is 0 Å². The molecule has 8 heteroatoms. The van der Waals surface area contributed by atoms with E-state index in [4.69, 9.17) is 21.1 Å². The lowest BCUT2D eigenvalue weighted by atomic mass is 9.73. The summed E-state index contributed by atoms with van der Waals surface area (Å²) in [5.41, 5.74) is 3.73.